The van der Waals surface area contributed by atoms with Crippen LogP contribution in [-0.2, 0) is 11.2 Å². The van der Waals surface area contributed by atoms with Gasteiger partial charge in [0.2, 0.25) is 0 Å². The molecule has 0 aromatic heterocycles. The molecule has 5 heteroatoms. The molecule has 2 aromatic carbocycles. The third-order valence-corrected chi connectivity index (χ3v) is 6.56. The second-order valence-corrected chi connectivity index (χ2v) is 8.06. The van der Waals surface area contributed by atoms with Gasteiger partial charge in [-0.2, -0.15) is 0 Å². The first-order valence-corrected chi connectivity index (χ1v) is 10.5. The van der Waals surface area contributed by atoms with E-state index >= 15 is 0 Å². The lowest BCUT2D eigenvalue weighted by Crippen LogP contribution is -2.56. The molecule has 0 bridgehead atoms. The standard InChI is InChI=1S/C22H27BrN2O2/c1-3-24-12-13-25(16-7-9-17(26-2)10-8-16)21(15-24)22-19-5-4-6-20(23)18(19)11-14-27-22/h4-10,21-22H,3,11-15H2,1-2H3. The maximum absolute atomic E-state index is 6.37. The van der Waals surface area contributed by atoms with E-state index in [1.54, 1.807) is 7.11 Å². The number of halogens is 1. The van der Waals surface area contributed by atoms with Gasteiger partial charge in [0.25, 0.3) is 0 Å². The van der Waals surface area contributed by atoms with Crippen molar-refractivity contribution in [2.45, 2.75) is 25.5 Å². The molecule has 2 atom stereocenters. The van der Waals surface area contributed by atoms with Crippen LogP contribution in [0.4, 0.5) is 5.69 Å². The summed E-state index contributed by atoms with van der Waals surface area (Å²) < 4.78 is 12.9. The number of piperazine rings is 1. The van der Waals surface area contributed by atoms with Crippen LogP contribution in [0, 0.1) is 0 Å². The molecule has 144 valence electrons. The monoisotopic (exact) mass is 430 g/mol. The van der Waals surface area contributed by atoms with Gasteiger partial charge in [0, 0.05) is 29.8 Å². The number of hydrogen-bond acceptors (Lipinski definition) is 4. The first-order valence-electron chi connectivity index (χ1n) is 9.73. The molecule has 1 fully saturated rings. The van der Waals surface area contributed by atoms with Crippen LogP contribution in [0.2, 0.25) is 0 Å². The molecule has 2 aliphatic heterocycles. The van der Waals surface area contributed by atoms with Crippen LogP contribution in [0.15, 0.2) is 46.9 Å². The summed E-state index contributed by atoms with van der Waals surface area (Å²) in [6, 6.07) is 15.2. The summed E-state index contributed by atoms with van der Waals surface area (Å²) in [5.74, 6) is 0.894. The predicted molar refractivity (Wildman–Crippen MR) is 113 cm³/mol. The van der Waals surface area contributed by atoms with Crippen LogP contribution in [0.5, 0.6) is 5.75 Å². The topological polar surface area (TPSA) is 24.9 Å². The van der Waals surface area contributed by atoms with Gasteiger partial charge in [-0.3, -0.25) is 4.90 Å². The quantitative estimate of drug-likeness (QED) is 0.722. The second-order valence-electron chi connectivity index (χ2n) is 7.20. The highest BCUT2D eigenvalue weighted by Gasteiger charge is 2.37. The number of likely N-dealkylation sites (N-methyl/N-ethyl adjacent to an activating group) is 1. The summed E-state index contributed by atoms with van der Waals surface area (Å²) in [5.41, 5.74) is 3.97. The number of anilines is 1. The summed E-state index contributed by atoms with van der Waals surface area (Å²) in [6.07, 6.45) is 1.06. The highest BCUT2D eigenvalue weighted by Crippen LogP contribution is 2.38. The summed E-state index contributed by atoms with van der Waals surface area (Å²) in [4.78, 5) is 5.05. The van der Waals surface area contributed by atoms with E-state index < -0.39 is 0 Å². The fraction of sp³-hybridized carbons (Fsp3) is 0.455. The van der Waals surface area contributed by atoms with Crippen molar-refractivity contribution in [2.24, 2.45) is 0 Å². The molecule has 0 N–H and O–H groups in total. The Balaban J connectivity index is 1.69. The summed E-state index contributed by atoms with van der Waals surface area (Å²) in [7, 11) is 1.71. The predicted octanol–water partition coefficient (Wildman–Crippen LogP) is 4.28. The highest BCUT2D eigenvalue weighted by atomic mass is 79.9. The van der Waals surface area contributed by atoms with E-state index in [-0.39, 0.29) is 6.10 Å². The lowest BCUT2D eigenvalue weighted by Gasteiger charge is -2.47. The van der Waals surface area contributed by atoms with Crippen molar-refractivity contribution in [2.75, 3.05) is 44.8 Å². The van der Waals surface area contributed by atoms with Gasteiger partial charge < -0.3 is 14.4 Å². The molecule has 0 radical (unpaired) electrons. The molecule has 1 saturated heterocycles. The highest BCUT2D eigenvalue weighted by molar-refractivity contribution is 9.10. The van der Waals surface area contributed by atoms with Crippen LogP contribution in [-0.4, -0.2) is 50.8 Å². The Morgan fingerprint density at radius 2 is 1.96 bits per heavy atom. The first-order chi connectivity index (χ1) is 13.2. The van der Waals surface area contributed by atoms with Crippen molar-refractivity contribution < 1.29 is 9.47 Å². The SMILES string of the molecule is CCN1CCN(c2ccc(OC)cc2)C(C2OCCc3c(Br)cccc32)C1. The molecule has 2 heterocycles. The van der Waals surface area contributed by atoms with Gasteiger partial charge in [0.15, 0.2) is 0 Å². The fourth-order valence-corrected chi connectivity index (χ4v) is 4.89. The minimum absolute atomic E-state index is 0.0858. The van der Waals surface area contributed by atoms with Gasteiger partial charge in [-0.05, 0) is 54.4 Å². The van der Waals surface area contributed by atoms with E-state index in [0.29, 0.717) is 6.04 Å². The van der Waals surface area contributed by atoms with Crippen molar-refractivity contribution >= 4 is 21.6 Å². The maximum atomic E-state index is 6.37. The third kappa shape index (κ3) is 3.73. The van der Waals surface area contributed by atoms with Gasteiger partial charge >= 0.3 is 0 Å². The van der Waals surface area contributed by atoms with E-state index in [1.807, 2.05) is 12.1 Å². The molecule has 0 amide bonds. The van der Waals surface area contributed by atoms with E-state index in [1.165, 1.54) is 21.3 Å². The number of rotatable bonds is 4. The minimum atomic E-state index is 0.0858. The minimum Gasteiger partial charge on any atom is -0.497 e. The Bertz CT molecular complexity index is 780. The largest absolute Gasteiger partial charge is 0.497 e. The zero-order valence-corrected chi connectivity index (χ0v) is 17.6. The molecule has 2 aliphatic rings. The zero-order chi connectivity index (χ0) is 18.8. The van der Waals surface area contributed by atoms with Crippen LogP contribution in [0.25, 0.3) is 0 Å². The molecule has 0 aliphatic carbocycles. The second kappa shape index (κ2) is 8.21. The summed E-state index contributed by atoms with van der Waals surface area (Å²) >= 11 is 3.74. The maximum Gasteiger partial charge on any atom is 0.119 e. The van der Waals surface area contributed by atoms with Gasteiger partial charge in [-0.1, -0.05) is 35.0 Å². The first kappa shape index (κ1) is 18.8. The molecule has 0 spiro atoms. The Labute approximate surface area is 170 Å². The number of methoxy groups -OCH3 is 1. The van der Waals surface area contributed by atoms with E-state index in [2.05, 4.69) is 63.0 Å². The number of benzene rings is 2. The van der Waals surface area contributed by atoms with Crippen LogP contribution >= 0.6 is 15.9 Å². The zero-order valence-electron chi connectivity index (χ0n) is 16.0. The number of nitrogens with zero attached hydrogens (tertiary/aromatic N) is 2. The van der Waals surface area contributed by atoms with Gasteiger partial charge in [-0.25, -0.2) is 0 Å². The van der Waals surface area contributed by atoms with Crippen LogP contribution in [0.1, 0.15) is 24.2 Å². The molecular weight excluding hydrogens is 404 g/mol. The molecular formula is C22H27BrN2O2. The number of hydrogen-bond donors (Lipinski definition) is 0. The van der Waals surface area contributed by atoms with Crippen LogP contribution < -0.4 is 9.64 Å². The Hall–Kier alpha value is -1.56. The molecule has 2 unspecified atom stereocenters. The average Bonchev–Trinajstić information content (AvgIpc) is 2.73. The van der Waals surface area contributed by atoms with E-state index in [4.69, 9.17) is 9.47 Å². The van der Waals surface area contributed by atoms with Crippen molar-refractivity contribution in [1.29, 1.82) is 0 Å². The Kier molecular flexibility index (Phi) is 5.71. The molecule has 4 rings (SSSR count). The van der Waals surface area contributed by atoms with E-state index in [9.17, 15) is 0 Å². The Morgan fingerprint density at radius 3 is 2.70 bits per heavy atom. The fourth-order valence-electron chi connectivity index (χ4n) is 4.31. The molecule has 27 heavy (non-hydrogen) atoms. The van der Waals surface area contributed by atoms with Crippen molar-refractivity contribution in [3.05, 3.63) is 58.1 Å². The van der Waals surface area contributed by atoms with Gasteiger partial charge in [0.05, 0.1) is 19.8 Å². The van der Waals surface area contributed by atoms with Gasteiger partial charge in [0.1, 0.15) is 11.9 Å². The number of fused-ring (bicyclic) bond motifs is 1. The number of ether oxygens (including phenoxy) is 2. The molecule has 2 aromatic rings. The molecule has 4 nitrogen and oxygen atoms in total. The van der Waals surface area contributed by atoms with Crippen molar-refractivity contribution in [3.8, 4) is 5.75 Å². The summed E-state index contributed by atoms with van der Waals surface area (Å²) in [6.45, 7) is 7.20. The summed E-state index contributed by atoms with van der Waals surface area (Å²) in [5, 5.41) is 0. The van der Waals surface area contributed by atoms with Gasteiger partial charge in [-0.15, -0.1) is 0 Å². The third-order valence-electron chi connectivity index (χ3n) is 5.81. The molecule has 0 saturated carbocycles. The Morgan fingerprint density at radius 1 is 1.15 bits per heavy atom. The lowest BCUT2D eigenvalue weighted by molar-refractivity contribution is 0.00743. The average molecular weight is 431 g/mol. The van der Waals surface area contributed by atoms with Crippen molar-refractivity contribution in [3.63, 3.8) is 0 Å². The lowest BCUT2D eigenvalue weighted by atomic mass is 9.91. The van der Waals surface area contributed by atoms with Crippen molar-refractivity contribution in [1.82, 2.24) is 4.90 Å². The smallest absolute Gasteiger partial charge is 0.119 e. The van der Waals surface area contributed by atoms with E-state index in [0.717, 1.165) is 45.0 Å². The van der Waals surface area contributed by atoms with Crippen LogP contribution in [0.3, 0.4) is 0 Å². The normalized spacial score (nSPS) is 23.1.